The minimum atomic E-state index is -0.833. The minimum absolute atomic E-state index is 0.161. The third-order valence-electron chi connectivity index (χ3n) is 3.68. The van der Waals surface area contributed by atoms with Crippen LogP contribution < -0.4 is 10.1 Å². The summed E-state index contributed by atoms with van der Waals surface area (Å²) < 4.78 is 10.8. The second-order valence-corrected chi connectivity index (χ2v) is 5.83. The van der Waals surface area contributed by atoms with E-state index >= 15 is 0 Å². The lowest BCUT2D eigenvalue weighted by Gasteiger charge is -2.27. The van der Waals surface area contributed by atoms with Gasteiger partial charge in [-0.05, 0) is 38.5 Å². The molecule has 0 heterocycles. The molecular weight excluding hydrogens is 302 g/mol. The third kappa shape index (κ3) is 5.18. The summed E-state index contributed by atoms with van der Waals surface area (Å²) in [5.74, 6) is 0.450. The van der Waals surface area contributed by atoms with E-state index in [-0.39, 0.29) is 5.91 Å². The zero-order valence-electron chi connectivity index (χ0n) is 13.9. The van der Waals surface area contributed by atoms with Crippen molar-refractivity contribution in [1.29, 1.82) is 0 Å². The smallest absolute Gasteiger partial charge is 0.256 e. The van der Waals surface area contributed by atoms with E-state index in [1.54, 1.807) is 25.3 Å². The monoisotopic (exact) mass is 327 g/mol. The fourth-order valence-electron chi connectivity index (χ4n) is 2.14. The lowest BCUT2D eigenvalue weighted by Crippen LogP contribution is -2.41. The van der Waals surface area contributed by atoms with E-state index in [4.69, 9.17) is 21.1 Å². The molecule has 1 rings (SSSR count). The maximum Gasteiger partial charge on any atom is 0.256 e. The molecule has 0 aromatic heterocycles. The van der Waals surface area contributed by atoms with Crippen molar-refractivity contribution in [2.75, 3.05) is 19.0 Å². The molecule has 0 aliphatic carbocycles. The summed E-state index contributed by atoms with van der Waals surface area (Å²) in [6.45, 7) is 6.39. The van der Waals surface area contributed by atoms with Crippen LogP contribution in [0.3, 0.4) is 0 Å². The summed E-state index contributed by atoms with van der Waals surface area (Å²) in [5, 5.41) is 3.34. The molecule has 5 heteroatoms. The number of carbonyl (C=O) groups excluding carboxylic acids is 1. The fourth-order valence-corrected chi connectivity index (χ4v) is 2.37. The van der Waals surface area contributed by atoms with Gasteiger partial charge in [-0.3, -0.25) is 4.79 Å². The molecule has 0 spiro atoms. The van der Waals surface area contributed by atoms with Gasteiger partial charge in [0.15, 0.2) is 0 Å². The van der Waals surface area contributed by atoms with Crippen LogP contribution in [0.25, 0.3) is 0 Å². The maximum atomic E-state index is 12.5. The van der Waals surface area contributed by atoms with Crippen molar-refractivity contribution in [2.24, 2.45) is 0 Å². The third-order valence-corrected chi connectivity index (χ3v) is 3.97. The Balaban J connectivity index is 2.75. The van der Waals surface area contributed by atoms with Crippen molar-refractivity contribution in [1.82, 2.24) is 0 Å². The maximum absolute atomic E-state index is 12.5. The predicted molar refractivity (Wildman–Crippen MR) is 90.8 cm³/mol. The van der Waals surface area contributed by atoms with Gasteiger partial charge >= 0.3 is 0 Å². The van der Waals surface area contributed by atoms with Gasteiger partial charge in [0.2, 0.25) is 0 Å². The Bertz CT molecular complexity index is 493. The van der Waals surface area contributed by atoms with Crippen molar-refractivity contribution in [3.8, 4) is 5.75 Å². The Morgan fingerprint density at radius 1 is 1.32 bits per heavy atom. The standard InChI is InChI=1S/C17H26ClNO3/c1-5-7-8-11-17(3,21-4)16(20)19-13-9-10-15(22-6-2)14(18)12-13/h9-10,12H,5-8,11H2,1-4H3,(H,19,20). The molecule has 0 radical (unpaired) electrons. The van der Waals surface area contributed by atoms with E-state index in [1.165, 1.54) is 0 Å². The summed E-state index contributed by atoms with van der Waals surface area (Å²) in [5.41, 5.74) is -0.197. The molecule has 1 aromatic rings. The number of rotatable bonds is 9. The second-order valence-electron chi connectivity index (χ2n) is 5.42. The van der Waals surface area contributed by atoms with Crippen LogP contribution >= 0.6 is 11.6 Å². The number of nitrogens with one attached hydrogen (secondary N) is 1. The average molecular weight is 328 g/mol. The molecule has 0 saturated heterocycles. The quantitative estimate of drug-likeness (QED) is 0.671. The molecule has 0 saturated carbocycles. The molecule has 124 valence electrons. The Kier molecular flexibility index (Phi) is 7.69. The van der Waals surface area contributed by atoms with Gasteiger partial charge < -0.3 is 14.8 Å². The van der Waals surface area contributed by atoms with Crippen molar-refractivity contribution in [2.45, 2.75) is 52.1 Å². The van der Waals surface area contributed by atoms with Crippen LogP contribution in [0.2, 0.25) is 5.02 Å². The minimum Gasteiger partial charge on any atom is -0.492 e. The number of carbonyl (C=O) groups is 1. The molecule has 0 aliphatic heterocycles. The molecule has 22 heavy (non-hydrogen) atoms. The molecule has 1 atom stereocenters. The molecule has 1 N–H and O–H groups in total. The number of anilines is 1. The first-order chi connectivity index (χ1) is 10.5. The summed E-state index contributed by atoms with van der Waals surface area (Å²) >= 11 is 6.13. The predicted octanol–water partition coefficient (Wildman–Crippen LogP) is 4.66. The van der Waals surface area contributed by atoms with E-state index in [1.807, 2.05) is 13.8 Å². The van der Waals surface area contributed by atoms with Crippen molar-refractivity contribution >= 4 is 23.2 Å². The van der Waals surface area contributed by atoms with Gasteiger partial charge in [0, 0.05) is 12.8 Å². The normalized spacial score (nSPS) is 13.5. The highest BCUT2D eigenvalue weighted by Gasteiger charge is 2.32. The zero-order valence-corrected chi connectivity index (χ0v) is 14.6. The van der Waals surface area contributed by atoms with Gasteiger partial charge in [-0.25, -0.2) is 0 Å². The van der Waals surface area contributed by atoms with E-state index in [2.05, 4.69) is 12.2 Å². The highest BCUT2D eigenvalue weighted by atomic mass is 35.5. The first kappa shape index (κ1) is 18.8. The second kappa shape index (κ2) is 9.01. The Morgan fingerprint density at radius 2 is 2.05 bits per heavy atom. The van der Waals surface area contributed by atoms with Crippen LogP contribution in [0.15, 0.2) is 18.2 Å². The number of methoxy groups -OCH3 is 1. The molecule has 4 nitrogen and oxygen atoms in total. The average Bonchev–Trinajstić information content (AvgIpc) is 2.50. The fraction of sp³-hybridized carbons (Fsp3) is 0.588. The summed E-state index contributed by atoms with van der Waals surface area (Å²) in [6, 6.07) is 5.21. The number of unbranched alkanes of at least 4 members (excludes halogenated alkanes) is 2. The molecule has 1 unspecified atom stereocenters. The Labute approximate surface area is 138 Å². The highest BCUT2D eigenvalue weighted by molar-refractivity contribution is 6.32. The first-order valence-corrected chi connectivity index (χ1v) is 8.13. The molecule has 1 amide bonds. The highest BCUT2D eigenvalue weighted by Crippen LogP contribution is 2.29. The molecule has 0 bridgehead atoms. The van der Waals surface area contributed by atoms with Crippen molar-refractivity contribution in [3.63, 3.8) is 0 Å². The molecule has 1 aromatic carbocycles. The summed E-state index contributed by atoms with van der Waals surface area (Å²) in [4.78, 5) is 12.5. The van der Waals surface area contributed by atoms with Gasteiger partial charge in [0.05, 0.1) is 11.6 Å². The van der Waals surface area contributed by atoms with Crippen LogP contribution in [0.1, 0.15) is 46.5 Å². The number of hydrogen-bond donors (Lipinski definition) is 1. The van der Waals surface area contributed by atoms with E-state index in [0.29, 0.717) is 29.5 Å². The number of ether oxygens (including phenoxy) is 2. The Hall–Kier alpha value is -1.26. The number of benzene rings is 1. The Morgan fingerprint density at radius 3 is 2.59 bits per heavy atom. The summed E-state index contributed by atoms with van der Waals surface area (Å²) in [6.07, 6.45) is 3.84. The van der Waals surface area contributed by atoms with E-state index in [9.17, 15) is 4.79 Å². The lowest BCUT2D eigenvalue weighted by atomic mass is 9.97. The number of hydrogen-bond acceptors (Lipinski definition) is 3. The van der Waals surface area contributed by atoms with E-state index < -0.39 is 5.60 Å². The van der Waals surface area contributed by atoms with Crippen LogP contribution in [0.5, 0.6) is 5.75 Å². The van der Waals surface area contributed by atoms with Gasteiger partial charge in [-0.1, -0.05) is 37.8 Å². The zero-order chi connectivity index (χ0) is 16.6. The largest absolute Gasteiger partial charge is 0.492 e. The van der Waals surface area contributed by atoms with Crippen LogP contribution in [-0.4, -0.2) is 25.2 Å². The number of amides is 1. The van der Waals surface area contributed by atoms with Crippen molar-refractivity contribution in [3.05, 3.63) is 23.2 Å². The lowest BCUT2D eigenvalue weighted by molar-refractivity contribution is -0.136. The molecule has 0 aliphatic rings. The van der Waals surface area contributed by atoms with Crippen LogP contribution in [0, 0.1) is 0 Å². The van der Waals surface area contributed by atoms with E-state index in [0.717, 1.165) is 19.3 Å². The van der Waals surface area contributed by atoms with Gasteiger partial charge in [-0.2, -0.15) is 0 Å². The van der Waals surface area contributed by atoms with Gasteiger partial charge in [0.25, 0.3) is 5.91 Å². The van der Waals surface area contributed by atoms with Gasteiger partial charge in [0.1, 0.15) is 11.4 Å². The van der Waals surface area contributed by atoms with Crippen molar-refractivity contribution < 1.29 is 14.3 Å². The molecule has 0 fully saturated rings. The SMILES string of the molecule is CCCCCC(C)(OC)C(=O)Nc1ccc(OCC)c(Cl)c1. The first-order valence-electron chi connectivity index (χ1n) is 7.75. The number of halogens is 1. The topological polar surface area (TPSA) is 47.6 Å². The molecular formula is C17H26ClNO3. The summed E-state index contributed by atoms with van der Waals surface area (Å²) in [7, 11) is 1.57. The van der Waals surface area contributed by atoms with Crippen LogP contribution in [0.4, 0.5) is 5.69 Å². The van der Waals surface area contributed by atoms with Crippen LogP contribution in [-0.2, 0) is 9.53 Å². The van der Waals surface area contributed by atoms with Gasteiger partial charge in [-0.15, -0.1) is 0 Å².